The third-order valence-electron chi connectivity index (χ3n) is 4.07. The molecule has 108 valence electrons. The molecule has 6 heteroatoms. The smallest absolute Gasteiger partial charge is 0.147 e. The number of hydrogen-bond acceptors (Lipinski definition) is 5. The molecule has 0 bridgehead atoms. The summed E-state index contributed by atoms with van der Waals surface area (Å²) in [6.45, 7) is 3.93. The van der Waals surface area contributed by atoms with Crippen molar-refractivity contribution in [3.8, 4) is 0 Å². The van der Waals surface area contributed by atoms with E-state index in [0.717, 1.165) is 54.3 Å². The van der Waals surface area contributed by atoms with Crippen LogP contribution < -0.4 is 5.73 Å². The van der Waals surface area contributed by atoms with Gasteiger partial charge in [0.2, 0.25) is 0 Å². The van der Waals surface area contributed by atoms with Crippen LogP contribution in [-0.2, 0) is 26.2 Å². The minimum Gasteiger partial charge on any atom is -0.459 e. The molecule has 6 nitrogen and oxygen atoms in total. The number of benzene rings is 1. The minimum absolute atomic E-state index is 0.496. The van der Waals surface area contributed by atoms with Crippen molar-refractivity contribution >= 4 is 11.0 Å². The van der Waals surface area contributed by atoms with Gasteiger partial charge in [0.15, 0.2) is 0 Å². The number of fused-ring (bicyclic) bond motifs is 2. The van der Waals surface area contributed by atoms with Crippen LogP contribution in [0.1, 0.15) is 17.1 Å². The summed E-state index contributed by atoms with van der Waals surface area (Å²) < 4.78 is 8.09. The van der Waals surface area contributed by atoms with Crippen LogP contribution in [0, 0.1) is 0 Å². The summed E-state index contributed by atoms with van der Waals surface area (Å²) in [5.74, 6) is 1.97. The molecular formula is C15H17N5O. The van der Waals surface area contributed by atoms with Gasteiger partial charge in [0.05, 0.1) is 13.1 Å². The van der Waals surface area contributed by atoms with Crippen LogP contribution in [0.4, 0.5) is 0 Å². The summed E-state index contributed by atoms with van der Waals surface area (Å²) in [7, 11) is 0. The van der Waals surface area contributed by atoms with E-state index in [1.165, 1.54) is 0 Å². The zero-order valence-corrected chi connectivity index (χ0v) is 11.7. The minimum atomic E-state index is 0.496. The standard InChI is InChI=1S/C15H17N5O/c16-7-12-11-3-1-2-4-13(11)21-14(12)8-19-5-6-20-10-17-18-15(20)9-19/h1-4,10H,5-9,16H2. The fourth-order valence-electron chi connectivity index (χ4n) is 2.96. The lowest BCUT2D eigenvalue weighted by Crippen LogP contribution is -2.33. The van der Waals surface area contributed by atoms with Gasteiger partial charge < -0.3 is 14.7 Å². The number of nitrogens with two attached hydrogens (primary N) is 1. The molecule has 0 saturated carbocycles. The van der Waals surface area contributed by atoms with Crippen LogP contribution in [0.5, 0.6) is 0 Å². The van der Waals surface area contributed by atoms with E-state index in [1.807, 2.05) is 18.2 Å². The van der Waals surface area contributed by atoms with Crippen LogP contribution in [-0.4, -0.2) is 26.2 Å². The van der Waals surface area contributed by atoms with E-state index in [1.54, 1.807) is 6.33 Å². The van der Waals surface area contributed by atoms with Gasteiger partial charge in [0.1, 0.15) is 23.5 Å². The van der Waals surface area contributed by atoms with Gasteiger partial charge in [0.25, 0.3) is 0 Å². The van der Waals surface area contributed by atoms with E-state index in [0.29, 0.717) is 6.54 Å². The summed E-state index contributed by atoms with van der Waals surface area (Å²) in [4.78, 5) is 2.32. The second-order valence-electron chi connectivity index (χ2n) is 5.36. The lowest BCUT2D eigenvalue weighted by atomic mass is 10.1. The monoisotopic (exact) mass is 283 g/mol. The molecular weight excluding hydrogens is 266 g/mol. The molecule has 0 saturated heterocycles. The Labute approximate surface area is 122 Å². The molecule has 4 rings (SSSR count). The largest absolute Gasteiger partial charge is 0.459 e. The Hall–Kier alpha value is -2.18. The number of aromatic nitrogens is 3. The maximum Gasteiger partial charge on any atom is 0.147 e. The van der Waals surface area contributed by atoms with E-state index in [9.17, 15) is 0 Å². The lowest BCUT2D eigenvalue weighted by Gasteiger charge is -2.26. The van der Waals surface area contributed by atoms with E-state index in [-0.39, 0.29) is 0 Å². The number of furan rings is 1. The van der Waals surface area contributed by atoms with Crippen LogP contribution >= 0.6 is 0 Å². The Morgan fingerprint density at radius 2 is 2.14 bits per heavy atom. The Kier molecular flexibility index (Phi) is 2.98. The number of rotatable bonds is 3. The van der Waals surface area contributed by atoms with E-state index in [2.05, 4.69) is 25.7 Å². The van der Waals surface area contributed by atoms with Crippen molar-refractivity contribution in [1.29, 1.82) is 0 Å². The number of nitrogens with zero attached hydrogens (tertiary/aromatic N) is 4. The van der Waals surface area contributed by atoms with Crippen LogP contribution in [0.15, 0.2) is 35.0 Å². The predicted octanol–water partition coefficient (Wildman–Crippen LogP) is 1.50. The van der Waals surface area contributed by atoms with Gasteiger partial charge in [-0.3, -0.25) is 4.90 Å². The van der Waals surface area contributed by atoms with Gasteiger partial charge in [-0.1, -0.05) is 18.2 Å². The third-order valence-corrected chi connectivity index (χ3v) is 4.07. The molecule has 0 radical (unpaired) electrons. The quantitative estimate of drug-likeness (QED) is 0.788. The molecule has 0 atom stereocenters. The van der Waals surface area contributed by atoms with Crippen molar-refractivity contribution in [2.45, 2.75) is 26.2 Å². The summed E-state index contributed by atoms with van der Waals surface area (Å²) in [6.07, 6.45) is 1.79. The summed E-state index contributed by atoms with van der Waals surface area (Å²) >= 11 is 0. The molecule has 3 aromatic rings. The van der Waals surface area contributed by atoms with Crippen molar-refractivity contribution in [2.75, 3.05) is 6.54 Å². The van der Waals surface area contributed by atoms with Gasteiger partial charge in [-0.15, -0.1) is 10.2 Å². The highest BCUT2D eigenvalue weighted by Crippen LogP contribution is 2.27. The maximum absolute atomic E-state index is 6.00. The zero-order chi connectivity index (χ0) is 14.2. The topological polar surface area (TPSA) is 73.1 Å². The van der Waals surface area contributed by atoms with Crippen LogP contribution in [0.25, 0.3) is 11.0 Å². The molecule has 21 heavy (non-hydrogen) atoms. The van der Waals surface area contributed by atoms with Gasteiger partial charge in [-0.2, -0.15) is 0 Å². The molecule has 0 spiro atoms. The summed E-state index contributed by atoms with van der Waals surface area (Å²) in [5, 5.41) is 9.23. The highest BCUT2D eigenvalue weighted by atomic mass is 16.3. The highest BCUT2D eigenvalue weighted by Gasteiger charge is 2.21. The predicted molar refractivity (Wildman–Crippen MR) is 78.2 cm³/mol. The maximum atomic E-state index is 6.00. The molecule has 2 N–H and O–H groups in total. The fourth-order valence-corrected chi connectivity index (χ4v) is 2.96. The number of hydrogen-bond donors (Lipinski definition) is 1. The second-order valence-corrected chi connectivity index (χ2v) is 5.36. The van der Waals surface area contributed by atoms with Gasteiger partial charge in [-0.05, 0) is 6.07 Å². The average Bonchev–Trinajstić information content (AvgIpc) is 3.10. The first-order valence-corrected chi connectivity index (χ1v) is 7.13. The van der Waals surface area contributed by atoms with Crippen LogP contribution in [0.3, 0.4) is 0 Å². The van der Waals surface area contributed by atoms with Crippen molar-refractivity contribution in [2.24, 2.45) is 5.73 Å². The molecule has 2 aromatic heterocycles. The van der Waals surface area contributed by atoms with Crippen molar-refractivity contribution in [3.63, 3.8) is 0 Å². The Bertz CT molecular complexity index is 775. The Balaban J connectivity index is 1.63. The molecule has 1 aromatic carbocycles. The first-order valence-electron chi connectivity index (χ1n) is 7.13. The molecule has 3 heterocycles. The Morgan fingerprint density at radius 1 is 1.24 bits per heavy atom. The normalized spacial score (nSPS) is 15.5. The van der Waals surface area contributed by atoms with Gasteiger partial charge in [-0.25, -0.2) is 0 Å². The lowest BCUT2D eigenvalue weighted by molar-refractivity contribution is 0.194. The molecule has 1 aliphatic heterocycles. The first kappa shape index (κ1) is 12.6. The molecule has 1 aliphatic rings. The van der Waals surface area contributed by atoms with Crippen LogP contribution in [0.2, 0.25) is 0 Å². The Morgan fingerprint density at radius 3 is 3.05 bits per heavy atom. The molecule has 0 unspecified atom stereocenters. The van der Waals surface area contributed by atoms with E-state index < -0.39 is 0 Å². The first-order chi connectivity index (χ1) is 10.3. The van der Waals surface area contributed by atoms with Crippen molar-refractivity contribution < 1.29 is 4.42 Å². The molecule has 0 amide bonds. The zero-order valence-electron chi connectivity index (χ0n) is 11.7. The van der Waals surface area contributed by atoms with Crippen molar-refractivity contribution in [1.82, 2.24) is 19.7 Å². The average molecular weight is 283 g/mol. The third kappa shape index (κ3) is 2.12. The second kappa shape index (κ2) is 4.98. The summed E-state index contributed by atoms with van der Waals surface area (Å²) in [5.41, 5.74) is 7.94. The SMILES string of the molecule is NCc1c(CN2CCn3cnnc3C2)oc2ccccc12. The summed E-state index contributed by atoms with van der Waals surface area (Å²) in [6, 6.07) is 8.06. The van der Waals surface area contributed by atoms with Crippen molar-refractivity contribution in [3.05, 3.63) is 47.7 Å². The van der Waals surface area contributed by atoms with Gasteiger partial charge >= 0.3 is 0 Å². The molecule has 0 fully saturated rings. The van der Waals surface area contributed by atoms with E-state index in [4.69, 9.17) is 10.2 Å². The number of para-hydroxylation sites is 1. The molecule has 0 aliphatic carbocycles. The fraction of sp³-hybridized carbons (Fsp3) is 0.333. The van der Waals surface area contributed by atoms with Gasteiger partial charge in [0, 0.05) is 30.6 Å². The van der Waals surface area contributed by atoms with E-state index >= 15 is 0 Å². The highest BCUT2D eigenvalue weighted by molar-refractivity contribution is 5.82.